The Hall–Kier alpha value is -2.11. The summed E-state index contributed by atoms with van der Waals surface area (Å²) in [4.78, 5) is 39.1. The van der Waals surface area contributed by atoms with E-state index in [0.29, 0.717) is 31.2 Å². The van der Waals surface area contributed by atoms with Crippen molar-refractivity contribution in [1.82, 2.24) is 14.8 Å². The molecule has 0 aliphatic carbocycles. The van der Waals surface area contributed by atoms with Crippen LogP contribution in [0.25, 0.3) is 0 Å². The highest BCUT2D eigenvalue weighted by molar-refractivity contribution is 5.82. The molecule has 3 aliphatic heterocycles. The van der Waals surface area contributed by atoms with Crippen molar-refractivity contribution in [3.05, 3.63) is 34.2 Å². The Balaban J connectivity index is 1.55. The highest BCUT2D eigenvalue weighted by Crippen LogP contribution is 2.43. The summed E-state index contributed by atoms with van der Waals surface area (Å²) in [6.07, 6.45) is 4.78. The zero-order valence-electron chi connectivity index (χ0n) is 16.9. The van der Waals surface area contributed by atoms with Crippen LogP contribution in [0.1, 0.15) is 70.0 Å². The van der Waals surface area contributed by atoms with Gasteiger partial charge in [0.1, 0.15) is 0 Å². The van der Waals surface area contributed by atoms with Gasteiger partial charge in [0, 0.05) is 55.7 Å². The first-order valence-corrected chi connectivity index (χ1v) is 10.7. The van der Waals surface area contributed by atoms with E-state index in [1.807, 2.05) is 15.5 Å². The molecule has 4 atom stereocenters. The predicted octanol–water partition coefficient (Wildman–Crippen LogP) is 2.44. The van der Waals surface area contributed by atoms with Gasteiger partial charge < -0.3 is 14.8 Å². The third-order valence-electron chi connectivity index (χ3n) is 6.70. The third-order valence-corrected chi connectivity index (χ3v) is 6.70. The van der Waals surface area contributed by atoms with Crippen LogP contribution in [-0.2, 0) is 9.59 Å². The standard InChI is InChI=1S/C22H31N3O3/c1-14(2)6-8-19-16-10-15(18-4-3-5-21(27)25(18)19)12-24(13-16)22(28)11-17-7-9-20(26)23-17/h3-5,14-17,19H,6-13H2,1-2H3,(H,23,26)/t15-,16+,17-,19+/m1/s1. The van der Waals surface area contributed by atoms with Crippen LogP contribution < -0.4 is 10.9 Å². The fourth-order valence-electron chi connectivity index (χ4n) is 5.29. The van der Waals surface area contributed by atoms with E-state index in [2.05, 4.69) is 25.2 Å². The summed E-state index contributed by atoms with van der Waals surface area (Å²) >= 11 is 0. The van der Waals surface area contributed by atoms with Gasteiger partial charge in [0.05, 0.1) is 0 Å². The second-order valence-electron chi connectivity index (χ2n) is 9.20. The van der Waals surface area contributed by atoms with Crippen molar-refractivity contribution >= 4 is 11.8 Å². The lowest BCUT2D eigenvalue weighted by molar-refractivity contribution is -0.134. The molecule has 0 saturated carbocycles. The molecule has 6 nitrogen and oxygen atoms in total. The molecule has 4 rings (SSSR count). The molecule has 2 amide bonds. The average molecular weight is 386 g/mol. The number of rotatable bonds is 5. The van der Waals surface area contributed by atoms with Crippen molar-refractivity contribution in [3.63, 3.8) is 0 Å². The van der Waals surface area contributed by atoms with Crippen molar-refractivity contribution in [3.8, 4) is 0 Å². The van der Waals surface area contributed by atoms with Gasteiger partial charge in [-0.15, -0.1) is 0 Å². The molecule has 2 saturated heterocycles. The number of nitrogens with one attached hydrogen (secondary N) is 1. The Morgan fingerprint density at radius 1 is 1.25 bits per heavy atom. The lowest BCUT2D eigenvalue weighted by Crippen LogP contribution is -2.51. The fourth-order valence-corrected chi connectivity index (χ4v) is 5.29. The van der Waals surface area contributed by atoms with E-state index in [9.17, 15) is 14.4 Å². The topological polar surface area (TPSA) is 71.4 Å². The maximum absolute atomic E-state index is 12.9. The highest BCUT2D eigenvalue weighted by Gasteiger charge is 2.41. The second kappa shape index (κ2) is 7.72. The highest BCUT2D eigenvalue weighted by atomic mass is 16.2. The average Bonchev–Trinajstić information content (AvgIpc) is 3.06. The molecule has 0 radical (unpaired) electrons. The Morgan fingerprint density at radius 2 is 2.07 bits per heavy atom. The first kappa shape index (κ1) is 19.2. The van der Waals surface area contributed by atoms with Crippen LogP contribution >= 0.6 is 0 Å². The number of pyridine rings is 1. The van der Waals surface area contributed by atoms with Gasteiger partial charge in [-0.25, -0.2) is 0 Å². The SMILES string of the molecule is CC(C)CC[C@H]1[C@H]2C[C@H](CN(C(=O)C[C@H]3CCC(=O)N3)C2)c2cccc(=O)n21. The van der Waals surface area contributed by atoms with Gasteiger partial charge >= 0.3 is 0 Å². The lowest BCUT2D eigenvalue weighted by Gasteiger charge is -2.47. The third kappa shape index (κ3) is 3.74. The predicted molar refractivity (Wildman–Crippen MR) is 107 cm³/mol. The normalized spacial score (nSPS) is 29.0. The van der Waals surface area contributed by atoms with Gasteiger partial charge in [-0.2, -0.15) is 0 Å². The van der Waals surface area contributed by atoms with Gasteiger partial charge in [0.15, 0.2) is 0 Å². The molecule has 152 valence electrons. The van der Waals surface area contributed by atoms with Gasteiger partial charge in [-0.3, -0.25) is 14.4 Å². The van der Waals surface area contributed by atoms with E-state index in [4.69, 9.17) is 0 Å². The molecule has 2 fully saturated rings. The molecule has 0 spiro atoms. The van der Waals surface area contributed by atoms with E-state index in [1.165, 1.54) is 0 Å². The summed E-state index contributed by atoms with van der Waals surface area (Å²) in [5.74, 6) is 1.33. The number of amides is 2. The summed E-state index contributed by atoms with van der Waals surface area (Å²) in [5.41, 5.74) is 1.18. The molecule has 1 aromatic heterocycles. The molecule has 28 heavy (non-hydrogen) atoms. The second-order valence-corrected chi connectivity index (χ2v) is 9.20. The van der Waals surface area contributed by atoms with E-state index >= 15 is 0 Å². The van der Waals surface area contributed by atoms with Crippen molar-refractivity contribution in [2.45, 2.75) is 70.4 Å². The minimum atomic E-state index is -0.0200. The number of carbonyl (C=O) groups excluding carboxylic acids is 2. The van der Waals surface area contributed by atoms with Crippen LogP contribution in [-0.4, -0.2) is 40.4 Å². The summed E-state index contributed by atoms with van der Waals surface area (Å²) in [6.45, 7) is 5.83. The molecule has 2 bridgehead atoms. The molecular formula is C22H31N3O3. The van der Waals surface area contributed by atoms with Crippen LogP contribution in [0.4, 0.5) is 0 Å². The van der Waals surface area contributed by atoms with E-state index < -0.39 is 0 Å². The number of hydrogen-bond donors (Lipinski definition) is 1. The number of hydrogen-bond acceptors (Lipinski definition) is 3. The first-order valence-electron chi connectivity index (χ1n) is 10.7. The number of fused-ring (bicyclic) bond motifs is 4. The summed E-state index contributed by atoms with van der Waals surface area (Å²) in [6, 6.07) is 5.73. The van der Waals surface area contributed by atoms with Gasteiger partial charge in [0.2, 0.25) is 11.8 Å². The number of nitrogens with zero attached hydrogens (tertiary/aromatic N) is 2. The molecule has 1 N–H and O–H groups in total. The molecule has 0 aromatic carbocycles. The maximum Gasteiger partial charge on any atom is 0.250 e. The Morgan fingerprint density at radius 3 is 2.79 bits per heavy atom. The fraction of sp³-hybridized carbons (Fsp3) is 0.682. The molecule has 3 aliphatic rings. The quantitative estimate of drug-likeness (QED) is 0.846. The minimum Gasteiger partial charge on any atom is -0.353 e. The monoisotopic (exact) mass is 385 g/mol. The van der Waals surface area contributed by atoms with E-state index in [0.717, 1.165) is 37.9 Å². The minimum absolute atomic E-state index is 0.0200. The summed E-state index contributed by atoms with van der Waals surface area (Å²) < 4.78 is 2.03. The smallest absolute Gasteiger partial charge is 0.250 e. The van der Waals surface area contributed by atoms with Crippen molar-refractivity contribution in [2.75, 3.05) is 13.1 Å². The van der Waals surface area contributed by atoms with Crippen LogP contribution in [0.3, 0.4) is 0 Å². The number of likely N-dealkylation sites (tertiary alicyclic amines) is 1. The van der Waals surface area contributed by atoms with E-state index in [1.54, 1.807) is 6.07 Å². The Bertz CT molecular complexity index is 815. The lowest BCUT2D eigenvalue weighted by atomic mass is 9.76. The zero-order chi connectivity index (χ0) is 19.8. The van der Waals surface area contributed by atoms with Crippen molar-refractivity contribution < 1.29 is 9.59 Å². The summed E-state index contributed by atoms with van der Waals surface area (Å²) in [7, 11) is 0. The van der Waals surface area contributed by atoms with Crippen LogP contribution in [0.15, 0.2) is 23.0 Å². The number of carbonyl (C=O) groups is 2. The Labute approximate surface area is 166 Å². The zero-order valence-corrected chi connectivity index (χ0v) is 16.9. The van der Waals surface area contributed by atoms with Crippen molar-refractivity contribution in [2.24, 2.45) is 11.8 Å². The van der Waals surface area contributed by atoms with Crippen LogP contribution in [0.2, 0.25) is 0 Å². The number of aromatic nitrogens is 1. The van der Waals surface area contributed by atoms with E-state index in [-0.39, 0.29) is 35.4 Å². The number of piperidine rings is 1. The Kier molecular flexibility index (Phi) is 5.30. The molecular weight excluding hydrogens is 354 g/mol. The molecule has 6 heteroatoms. The van der Waals surface area contributed by atoms with Gasteiger partial charge in [0.25, 0.3) is 5.56 Å². The van der Waals surface area contributed by atoms with Crippen LogP contribution in [0, 0.1) is 11.8 Å². The van der Waals surface area contributed by atoms with Crippen LogP contribution in [0.5, 0.6) is 0 Å². The van der Waals surface area contributed by atoms with Gasteiger partial charge in [-0.1, -0.05) is 19.9 Å². The largest absolute Gasteiger partial charge is 0.353 e. The van der Waals surface area contributed by atoms with Crippen molar-refractivity contribution in [1.29, 1.82) is 0 Å². The first-order chi connectivity index (χ1) is 13.4. The molecule has 0 unspecified atom stereocenters. The maximum atomic E-state index is 12.9. The molecule has 1 aromatic rings. The van der Waals surface area contributed by atoms with Gasteiger partial charge in [-0.05, 0) is 43.6 Å². The summed E-state index contributed by atoms with van der Waals surface area (Å²) in [5, 5.41) is 2.91. The molecule has 4 heterocycles.